The number of benzene rings is 1. The molecule has 0 fully saturated rings. The number of hydrogen-bond acceptors (Lipinski definition) is 3. The summed E-state index contributed by atoms with van der Waals surface area (Å²) in [5.41, 5.74) is 9.93. The van der Waals surface area contributed by atoms with Crippen molar-refractivity contribution >= 4 is 17.3 Å². The molecule has 0 aliphatic carbocycles. The predicted octanol–water partition coefficient (Wildman–Crippen LogP) is 2.19. The number of nitrogens with zero attached hydrogens (tertiary/aromatic N) is 2. The maximum Gasteiger partial charge on any atom is 0.227 e. The zero-order chi connectivity index (χ0) is 13.9. The number of aryl methyl sites for hydroxylation is 1. The summed E-state index contributed by atoms with van der Waals surface area (Å²) in [7, 11) is 0. The highest BCUT2D eigenvalue weighted by molar-refractivity contribution is 5.96. The van der Waals surface area contributed by atoms with Gasteiger partial charge >= 0.3 is 0 Å². The van der Waals surface area contributed by atoms with E-state index in [-0.39, 0.29) is 5.91 Å². The van der Waals surface area contributed by atoms with Gasteiger partial charge in [-0.15, -0.1) is 0 Å². The maximum atomic E-state index is 12.1. The van der Waals surface area contributed by atoms with E-state index in [1.807, 2.05) is 35.2 Å². The third kappa shape index (κ3) is 2.50. The quantitative estimate of drug-likeness (QED) is 0.867. The fourth-order valence-electron chi connectivity index (χ4n) is 2.62. The highest BCUT2D eigenvalue weighted by atomic mass is 16.2. The normalized spacial score (nSPS) is 14.2. The molecule has 2 heterocycles. The van der Waals surface area contributed by atoms with Crippen molar-refractivity contribution < 1.29 is 4.79 Å². The van der Waals surface area contributed by atoms with Gasteiger partial charge in [-0.2, -0.15) is 0 Å². The number of hydrogen-bond donors (Lipinski definition) is 1. The molecule has 2 N–H and O–H groups in total. The lowest BCUT2D eigenvalue weighted by Gasteiger charge is -2.29. The first-order valence-electron chi connectivity index (χ1n) is 6.82. The molecule has 4 nitrogen and oxygen atoms in total. The summed E-state index contributed by atoms with van der Waals surface area (Å²) >= 11 is 0. The van der Waals surface area contributed by atoms with E-state index >= 15 is 0 Å². The Morgan fingerprint density at radius 1 is 1.15 bits per heavy atom. The molecule has 0 saturated heterocycles. The number of amides is 1. The lowest BCUT2D eigenvalue weighted by Crippen LogP contribution is -2.36. The molecule has 1 aromatic carbocycles. The summed E-state index contributed by atoms with van der Waals surface area (Å²) in [4.78, 5) is 18.0. The molecule has 0 saturated carbocycles. The molecule has 2 aromatic rings. The van der Waals surface area contributed by atoms with Crippen LogP contribution in [0.5, 0.6) is 0 Å². The number of nitrogens with two attached hydrogens (primary N) is 1. The minimum Gasteiger partial charge on any atom is -0.399 e. The van der Waals surface area contributed by atoms with Crippen LogP contribution in [0.1, 0.15) is 17.5 Å². The van der Waals surface area contributed by atoms with E-state index in [4.69, 9.17) is 5.73 Å². The second-order valence-corrected chi connectivity index (χ2v) is 5.04. The van der Waals surface area contributed by atoms with Crippen molar-refractivity contribution in [2.45, 2.75) is 19.3 Å². The molecule has 3 rings (SSSR count). The molecule has 20 heavy (non-hydrogen) atoms. The largest absolute Gasteiger partial charge is 0.399 e. The highest BCUT2D eigenvalue weighted by Gasteiger charge is 2.23. The zero-order valence-corrected chi connectivity index (χ0v) is 11.2. The molecule has 1 aliphatic heterocycles. The summed E-state index contributed by atoms with van der Waals surface area (Å²) < 4.78 is 0. The van der Waals surface area contributed by atoms with Crippen LogP contribution in [-0.4, -0.2) is 17.4 Å². The molecule has 0 unspecified atom stereocenters. The third-order valence-corrected chi connectivity index (χ3v) is 3.68. The van der Waals surface area contributed by atoms with Gasteiger partial charge in [0.1, 0.15) is 0 Å². The molecule has 0 spiro atoms. The van der Waals surface area contributed by atoms with Crippen molar-refractivity contribution in [3.63, 3.8) is 0 Å². The molecule has 1 aliphatic rings. The lowest BCUT2D eigenvalue weighted by molar-refractivity contribution is -0.118. The number of carbonyl (C=O) groups excluding carboxylic acids is 1. The van der Waals surface area contributed by atoms with Gasteiger partial charge in [0.25, 0.3) is 0 Å². The van der Waals surface area contributed by atoms with Crippen LogP contribution >= 0.6 is 0 Å². The Labute approximate surface area is 118 Å². The average Bonchev–Trinajstić information content (AvgIpc) is 2.47. The van der Waals surface area contributed by atoms with E-state index in [0.717, 1.165) is 24.2 Å². The second kappa shape index (κ2) is 5.33. The number of aromatic nitrogens is 1. The predicted molar refractivity (Wildman–Crippen MR) is 79.5 cm³/mol. The third-order valence-electron chi connectivity index (χ3n) is 3.68. The standard InChI is InChI=1S/C16H17N3O/c17-14-2-3-15-13(11-14)1-4-16(20)19(15)10-7-12-5-8-18-9-6-12/h2-3,5-6,8-9,11H,1,4,7,10,17H2. The van der Waals surface area contributed by atoms with Crippen LogP contribution in [0.2, 0.25) is 0 Å². The Hall–Kier alpha value is -2.36. The summed E-state index contributed by atoms with van der Waals surface area (Å²) in [6, 6.07) is 9.75. The van der Waals surface area contributed by atoms with Crippen LogP contribution in [0.15, 0.2) is 42.7 Å². The minimum absolute atomic E-state index is 0.191. The molecular formula is C16H17N3O. The first kappa shape index (κ1) is 12.7. The van der Waals surface area contributed by atoms with Crippen molar-refractivity contribution in [2.24, 2.45) is 0 Å². The second-order valence-electron chi connectivity index (χ2n) is 5.04. The van der Waals surface area contributed by atoms with Crippen molar-refractivity contribution in [3.05, 3.63) is 53.9 Å². The van der Waals surface area contributed by atoms with Gasteiger partial charge in [0.2, 0.25) is 5.91 Å². The monoisotopic (exact) mass is 267 g/mol. The molecule has 0 bridgehead atoms. The molecule has 1 aromatic heterocycles. The lowest BCUT2D eigenvalue weighted by atomic mass is 10.00. The van der Waals surface area contributed by atoms with Gasteiger partial charge in [0.15, 0.2) is 0 Å². The smallest absolute Gasteiger partial charge is 0.227 e. The maximum absolute atomic E-state index is 12.1. The average molecular weight is 267 g/mol. The van der Waals surface area contributed by atoms with Gasteiger partial charge in [-0.25, -0.2) is 0 Å². The van der Waals surface area contributed by atoms with Crippen LogP contribution in [0, 0.1) is 0 Å². The summed E-state index contributed by atoms with van der Waals surface area (Å²) in [5, 5.41) is 0. The van der Waals surface area contributed by atoms with Gasteiger partial charge in [0.05, 0.1) is 0 Å². The summed E-state index contributed by atoms with van der Waals surface area (Å²) in [6.07, 6.45) is 5.74. The number of pyridine rings is 1. The first-order chi connectivity index (χ1) is 9.74. The molecule has 4 heteroatoms. The number of nitrogen functional groups attached to an aromatic ring is 1. The van der Waals surface area contributed by atoms with Gasteiger partial charge < -0.3 is 10.6 Å². The van der Waals surface area contributed by atoms with Gasteiger partial charge in [-0.1, -0.05) is 0 Å². The van der Waals surface area contributed by atoms with E-state index in [9.17, 15) is 4.79 Å². The molecule has 0 atom stereocenters. The van der Waals surface area contributed by atoms with Crippen molar-refractivity contribution in [2.75, 3.05) is 17.2 Å². The van der Waals surface area contributed by atoms with Crippen LogP contribution in [0.3, 0.4) is 0 Å². The van der Waals surface area contributed by atoms with Crippen molar-refractivity contribution in [3.8, 4) is 0 Å². The highest BCUT2D eigenvalue weighted by Crippen LogP contribution is 2.29. The Morgan fingerprint density at radius 2 is 1.95 bits per heavy atom. The van der Waals surface area contributed by atoms with Crippen molar-refractivity contribution in [1.82, 2.24) is 4.98 Å². The van der Waals surface area contributed by atoms with E-state index in [1.165, 1.54) is 11.1 Å². The van der Waals surface area contributed by atoms with Crippen molar-refractivity contribution in [1.29, 1.82) is 0 Å². The zero-order valence-electron chi connectivity index (χ0n) is 11.2. The number of carbonyl (C=O) groups is 1. The fraction of sp³-hybridized carbons (Fsp3) is 0.250. The van der Waals surface area contributed by atoms with Gasteiger partial charge in [-0.3, -0.25) is 9.78 Å². The van der Waals surface area contributed by atoms with Crippen LogP contribution in [0.25, 0.3) is 0 Å². The number of anilines is 2. The first-order valence-corrected chi connectivity index (χ1v) is 6.82. The molecular weight excluding hydrogens is 250 g/mol. The SMILES string of the molecule is Nc1ccc2c(c1)CCC(=O)N2CCc1ccncc1. The molecule has 0 radical (unpaired) electrons. The van der Waals surface area contributed by atoms with E-state index in [0.29, 0.717) is 13.0 Å². The Balaban J connectivity index is 1.81. The molecule has 1 amide bonds. The summed E-state index contributed by atoms with van der Waals surface area (Å²) in [6.45, 7) is 0.694. The van der Waals surface area contributed by atoms with Crippen LogP contribution < -0.4 is 10.6 Å². The Bertz CT molecular complexity index is 625. The fourth-order valence-corrected chi connectivity index (χ4v) is 2.62. The Morgan fingerprint density at radius 3 is 2.75 bits per heavy atom. The van der Waals surface area contributed by atoms with E-state index in [1.54, 1.807) is 12.4 Å². The number of rotatable bonds is 3. The van der Waals surface area contributed by atoms with Gasteiger partial charge in [-0.05, 0) is 54.3 Å². The van der Waals surface area contributed by atoms with Crippen LogP contribution in [0.4, 0.5) is 11.4 Å². The minimum atomic E-state index is 0.191. The number of fused-ring (bicyclic) bond motifs is 1. The van der Waals surface area contributed by atoms with E-state index < -0.39 is 0 Å². The van der Waals surface area contributed by atoms with Crippen LogP contribution in [-0.2, 0) is 17.6 Å². The topological polar surface area (TPSA) is 59.2 Å². The van der Waals surface area contributed by atoms with Gasteiger partial charge in [0, 0.05) is 36.7 Å². The Kier molecular flexibility index (Phi) is 3.37. The summed E-state index contributed by atoms with van der Waals surface area (Å²) in [5.74, 6) is 0.191. The molecule has 102 valence electrons. The van der Waals surface area contributed by atoms with E-state index in [2.05, 4.69) is 4.98 Å².